The summed E-state index contributed by atoms with van der Waals surface area (Å²) in [7, 11) is 0. The van der Waals surface area contributed by atoms with Crippen LogP contribution in [0, 0.1) is 5.82 Å². The molecule has 92 valence electrons. The molecule has 0 aliphatic carbocycles. The van der Waals surface area contributed by atoms with Crippen molar-refractivity contribution >= 4 is 27.7 Å². The van der Waals surface area contributed by atoms with Crippen molar-refractivity contribution in [3.05, 3.63) is 35.1 Å². The summed E-state index contributed by atoms with van der Waals surface area (Å²) in [5.41, 5.74) is 0.172. The van der Waals surface area contributed by atoms with E-state index >= 15 is 0 Å². The van der Waals surface area contributed by atoms with Gasteiger partial charge in [-0.2, -0.15) is 0 Å². The number of Topliss-reactive ketones (excluding diaryl/α,β-unsaturated/α-hetero) is 1. The SMILES string of the molecule is CC(=O)C(Br)c1cc(F)cc(C(O)C(=O)O)c1. The van der Waals surface area contributed by atoms with Crippen molar-refractivity contribution in [2.45, 2.75) is 17.9 Å². The number of rotatable bonds is 4. The van der Waals surface area contributed by atoms with Crippen LogP contribution in [0.3, 0.4) is 0 Å². The normalized spacial score (nSPS) is 14.1. The monoisotopic (exact) mass is 304 g/mol. The van der Waals surface area contributed by atoms with Gasteiger partial charge in [0.2, 0.25) is 0 Å². The van der Waals surface area contributed by atoms with Crippen LogP contribution < -0.4 is 0 Å². The van der Waals surface area contributed by atoms with E-state index in [9.17, 15) is 19.1 Å². The third-order valence-electron chi connectivity index (χ3n) is 2.14. The Bertz CT molecular complexity index is 423. The molecule has 0 heterocycles. The second-order valence-corrected chi connectivity index (χ2v) is 4.45. The van der Waals surface area contributed by atoms with E-state index in [1.807, 2.05) is 0 Å². The largest absolute Gasteiger partial charge is 0.479 e. The van der Waals surface area contributed by atoms with Crippen LogP contribution in [-0.4, -0.2) is 22.0 Å². The lowest BCUT2D eigenvalue weighted by molar-refractivity contribution is -0.146. The Morgan fingerprint density at radius 3 is 2.29 bits per heavy atom. The fourth-order valence-corrected chi connectivity index (χ4v) is 1.58. The predicted octanol–water partition coefficient (Wildman–Crippen LogP) is 1.97. The van der Waals surface area contributed by atoms with Crippen LogP contribution in [0.2, 0.25) is 0 Å². The summed E-state index contributed by atoms with van der Waals surface area (Å²) in [6.45, 7) is 1.32. The Hall–Kier alpha value is -1.27. The smallest absolute Gasteiger partial charge is 0.337 e. The summed E-state index contributed by atoms with van der Waals surface area (Å²) in [6, 6.07) is 3.31. The number of carboxylic acids is 1. The number of benzene rings is 1. The molecule has 0 bridgehead atoms. The van der Waals surface area contributed by atoms with Crippen LogP contribution in [0.5, 0.6) is 0 Å². The number of aliphatic hydroxyl groups is 1. The predicted molar refractivity (Wildman–Crippen MR) is 61.3 cm³/mol. The molecule has 17 heavy (non-hydrogen) atoms. The highest BCUT2D eigenvalue weighted by Crippen LogP contribution is 2.27. The molecule has 0 aliphatic rings. The molecule has 0 radical (unpaired) electrons. The zero-order valence-electron chi connectivity index (χ0n) is 8.85. The molecule has 2 N–H and O–H groups in total. The molecule has 0 fully saturated rings. The van der Waals surface area contributed by atoms with Gasteiger partial charge in [-0.3, -0.25) is 4.79 Å². The molecule has 0 saturated carbocycles. The summed E-state index contributed by atoms with van der Waals surface area (Å²) in [4.78, 5) is 21.0. The first-order chi connectivity index (χ1) is 7.82. The average Bonchev–Trinajstić information content (AvgIpc) is 2.25. The Morgan fingerprint density at radius 1 is 1.29 bits per heavy atom. The first kappa shape index (κ1) is 13.8. The van der Waals surface area contributed by atoms with Gasteiger partial charge >= 0.3 is 5.97 Å². The minimum atomic E-state index is -1.81. The van der Waals surface area contributed by atoms with Crippen molar-refractivity contribution in [3.63, 3.8) is 0 Å². The zero-order valence-corrected chi connectivity index (χ0v) is 10.4. The van der Waals surface area contributed by atoms with E-state index in [-0.39, 0.29) is 16.9 Å². The summed E-state index contributed by atoms with van der Waals surface area (Å²) in [6.07, 6.45) is -1.81. The van der Waals surface area contributed by atoms with E-state index in [1.54, 1.807) is 0 Å². The molecule has 1 rings (SSSR count). The number of hydrogen-bond donors (Lipinski definition) is 2. The Labute approximate surface area is 105 Å². The van der Waals surface area contributed by atoms with E-state index in [1.165, 1.54) is 13.0 Å². The maximum atomic E-state index is 13.2. The van der Waals surface area contributed by atoms with Gasteiger partial charge in [0.05, 0.1) is 4.83 Å². The summed E-state index contributed by atoms with van der Waals surface area (Å²) in [5, 5.41) is 17.9. The summed E-state index contributed by atoms with van der Waals surface area (Å²) >= 11 is 3.06. The first-order valence-corrected chi connectivity index (χ1v) is 5.60. The summed E-state index contributed by atoms with van der Waals surface area (Å²) < 4.78 is 13.2. The molecule has 4 nitrogen and oxygen atoms in total. The maximum absolute atomic E-state index is 13.2. The van der Waals surface area contributed by atoms with Gasteiger partial charge in [0.15, 0.2) is 6.10 Å². The first-order valence-electron chi connectivity index (χ1n) is 4.68. The lowest BCUT2D eigenvalue weighted by atomic mass is 10.0. The lowest BCUT2D eigenvalue weighted by Crippen LogP contribution is -2.12. The molecular weight excluding hydrogens is 295 g/mol. The van der Waals surface area contributed by atoms with Crippen molar-refractivity contribution in [2.75, 3.05) is 0 Å². The molecule has 2 atom stereocenters. The van der Waals surface area contributed by atoms with E-state index in [4.69, 9.17) is 5.11 Å². The average molecular weight is 305 g/mol. The number of ketones is 1. The molecule has 6 heteroatoms. The number of carboxylic acid groups (broad SMARTS) is 1. The van der Waals surface area contributed by atoms with E-state index in [0.29, 0.717) is 0 Å². The van der Waals surface area contributed by atoms with Crippen LogP contribution >= 0.6 is 15.9 Å². The second-order valence-electron chi connectivity index (χ2n) is 3.53. The highest BCUT2D eigenvalue weighted by molar-refractivity contribution is 9.09. The molecule has 1 aromatic rings. The highest BCUT2D eigenvalue weighted by Gasteiger charge is 2.20. The zero-order chi connectivity index (χ0) is 13.2. The quantitative estimate of drug-likeness (QED) is 0.834. The Morgan fingerprint density at radius 2 is 1.82 bits per heavy atom. The number of halogens is 2. The lowest BCUT2D eigenvalue weighted by Gasteiger charge is -2.11. The third kappa shape index (κ3) is 3.34. The van der Waals surface area contributed by atoms with Crippen LogP contribution in [0.25, 0.3) is 0 Å². The van der Waals surface area contributed by atoms with Gasteiger partial charge in [-0.25, -0.2) is 9.18 Å². The van der Waals surface area contributed by atoms with Crippen molar-refractivity contribution in [1.82, 2.24) is 0 Å². The van der Waals surface area contributed by atoms with Crippen molar-refractivity contribution in [1.29, 1.82) is 0 Å². The molecule has 2 unspecified atom stereocenters. The maximum Gasteiger partial charge on any atom is 0.337 e. The van der Waals surface area contributed by atoms with Crippen LogP contribution in [0.15, 0.2) is 18.2 Å². The fraction of sp³-hybridized carbons (Fsp3) is 0.273. The Kier molecular flexibility index (Phi) is 4.36. The second kappa shape index (κ2) is 5.37. The fourth-order valence-electron chi connectivity index (χ4n) is 1.32. The number of alkyl halides is 1. The molecule has 0 amide bonds. The highest BCUT2D eigenvalue weighted by atomic mass is 79.9. The number of carbonyl (C=O) groups is 2. The van der Waals surface area contributed by atoms with Crippen molar-refractivity contribution in [2.24, 2.45) is 0 Å². The number of aliphatic hydroxyl groups excluding tert-OH is 1. The van der Waals surface area contributed by atoms with E-state index in [0.717, 1.165) is 12.1 Å². The third-order valence-corrected chi connectivity index (χ3v) is 3.32. The van der Waals surface area contributed by atoms with Crippen LogP contribution in [-0.2, 0) is 9.59 Å². The van der Waals surface area contributed by atoms with Gasteiger partial charge in [-0.1, -0.05) is 22.0 Å². The minimum absolute atomic E-state index is 0.0989. The molecule has 0 spiro atoms. The van der Waals surface area contributed by atoms with Crippen molar-refractivity contribution < 1.29 is 24.2 Å². The van der Waals surface area contributed by atoms with Gasteiger partial charge in [0, 0.05) is 0 Å². The van der Waals surface area contributed by atoms with E-state index in [2.05, 4.69) is 15.9 Å². The molecule has 0 saturated heterocycles. The van der Waals surface area contributed by atoms with Crippen LogP contribution in [0.4, 0.5) is 4.39 Å². The molecule has 0 aliphatic heterocycles. The number of carbonyl (C=O) groups excluding carboxylic acids is 1. The summed E-state index contributed by atoms with van der Waals surface area (Å²) in [5.74, 6) is -2.43. The van der Waals surface area contributed by atoms with Gasteiger partial charge in [0.1, 0.15) is 11.6 Å². The van der Waals surface area contributed by atoms with E-state index < -0.39 is 22.7 Å². The number of aliphatic carboxylic acids is 1. The van der Waals surface area contributed by atoms with Crippen molar-refractivity contribution in [3.8, 4) is 0 Å². The molecule has 1 aromatic carbocycles. The topological polar surface area (TPSA) is 74.6 Å². The molecular formula is C11H10BrFO4. The number of hydrogen-bond acceptors (Lipinski definition) is 3. The van der Waals surface area contributed by atoms with Gasteiger partial charge < -0.3 is 10.2 Å². The van der Waals surface area contributed by atoms with Crippen LogP contribution in [0.1, 0.15) is 29.0 Å². The van der Waals surface area contributed by atoms with Gasteiger partial charge in [-0.15, -0.1) is 0 Å². The Balaban J connectivity index is 3.19. The standard InChI is InChI=1S/C11H10BrFO4/c1-5(14)9(12)6-2-7(4-8(13)3-6)10(15)11(16)17/h2-4,9-10,15H,1H3,(H,16,17). The molecule has 0 aromatic heterocycles. The van der Waals surface area contributed by atoms with Gasteiger partial charge in [-0.05, 0) is 30.2 Å². The van der Waals surface area contributed by atoms with Gasteiger partial charge in [0.25, 0.3) is 0 Å². The minimum Gasteiger partial charge on any atom is -0.479 e.